The first-order valence-corrected chi connectivity index (χ1v) is 5.58. The molecule has 0 radical (unpaired) electrons. The summed E-state index contributed by atoms with van der Waals surface area (Å²) in [6.45, 7) is 4.64. The van der Waals surface area contributed by atoms with Crippen LogP contribution in [0.2, 0.25) is 0 Å². The second kappa shape index (κ2) is 2.96. The van der Waals surface area contributed by atoms with E-state index in [-0.39, 0.29) is 6.10 Å². The lowest BCUT2D eigenvalue weighted by atomic mass is 9.95. The van der Waals surface area contributed by atoms with Gasteiger partial charge in [-0.15, -0.1) is 0 Å². The summed E-state index contributed by atoms with van der Waals surface area (Å²) in [6.07, 6.45) is 4.71. The third-order valence-electron chi connectivity index (χ3n) is 4.61. The maximum Gasteiger partial charge on any atom is 0.0919 e. The summed E-state index contributed by atoms with van der Waals surface area (Å²) in [5.41, 5.74) is 0. The van der Waals surface area contributed by atoms with Crippen LogP contribution in [0.5, 0.6) is 0 Å². The summed E-state index contributed by atoms with van der Waals surface area (Å²) < 4.78 is 1.22. The van der Waals surface area contributed by atoms with Crippen molar-refractivity contribution in [2.24, 2.45) is 0 Å². The molecule has 2 unspecified atom stereocenters. The molecule has 0 spiro atoms. The quantitative estimate of drug-likeness (QED) is 0.613. The Labute approximate surface area is 81.1 Å². The molecule has 2 heteroatoms. The smallest absolute Gasteiger partial charge is 0.0919 e. The number of fused-ring (bicyclic) bond motifs is 2. The molecule has 0 aliphatic carbocycles. The SMILES string of the molecule is CC(C)[N+]1(C)C2CCC1CC(O)C2. The molecule has 2 heterocycles. The molecule has 2 rings (SSSR count). The Kier molecular flexibility index (Phi) is 2.16. The maximum atomic E-state index is 9.69. The van der Waals surface area contributed by atoms with Gasteiger partial charge in [0, 0.05) is 25.7 Å². The monoisotopic (exact) mass is 184 g/mol. The summed E-state index contributed by atoms with van der Waals surface area (Å²) >= 11 is 0. The minimum absolute atomic E-state index is 0.0116. The van der Waals surface area contributed by atoms with Crippen molar-refractivity contribution in [3.8, 4) is 0 Å². The summed E-state index contributed by atoms with van der Waals surface area (Å²) in [5, 5.41) is 9.69. The molecule has 1 N–H and O–H groups in total. The highest BCUT2D eigenvalue weighted by atomic mass is 16.3. The van der Waals surface area contributed by atoms with Crippen molar-refractivity contribution in [1.29, 1.82) is 0 Å². The first-order chi connectivity index (χ1) is 6.05. The van der Waals surface area contributed by atoms with Gasteiger partial charge in [-0.1, -0.05) is 0 Å². The Bertz CT molecular complexity index is 188. The molecule has 0 aromatic rings. The average molecular weight is 184 g/mol. The van der Waals surface area contributed by atoms with Gasteiger partial charge in [0.05, 0.1) is 31.3 Å². The molecule has 2 fully saturated rings. The molecule has 2 aliphatic heterocycles. The van der Waals surface area contributed by atoms with Crippen molar-refractivity contribution in [1.82, 2.24) is 0 Å². The van der Waals surface area contributed by atoms with Gasteiger partial charge in [0.1, 0.15) is 0 Å². The molecular formula is C11H22NO+. The highest BCUT2D eigenvalue weighted by molar-refractivity contribution is 4.86. The molecule has 2 atom stereocenters. The Balaban J connectivity index is 2.23. The summed E-state index contributed by atoms with van der Waals surface area (Å²) in [5.74, 6) is 0. The topological polar surface area (TPSA) is 20.2 Å². The summed E-state index contributed by atoms with van der Waals surface area (Å²) in [6, 6.07) is 2.17. The Morgan fingerprint density at radius 3 is 2.00 bits per heavy atom. The first-order valence-electron chi connectivity index (χ1n) is 5.58. The van der Waals surface area contributed by atoms with E-state index in [0.29, 0.717) is 6.04 Å². The van der Waals surface area contributed by atoms with E-state index in [1.54, 1.807) is 0 Å². The van der Waals surface area contributed by atoms with E-state index in [0.717, 1.165) is 24.9 Å². The lowest BCUT2D eigenvalue weighted by molar-refractivity contribution is -0.968. The van der Waals surface area contributed by atoms with Crippen molar-refractivity contribution in [3.63, 3.8) is 0 Å². The fourth-order valence-corrected chi connectivity index (χ4v) is 3.50. The number of rotatable bonds is 1. The number of aliphatic hydroxyl groups is 1. The second-order valence-corrected chi connectivity index (χ2v) is 5.33. The van der Waals surface area contributed by atoms with Crippen LogP contribution in [-0.4, -0.2) is 40.9 Å². The van der Waals surface area contributed by atoms with Gasteiger partial charge >= 0.3 is 0 Å². The number of nitrogens with zero attached hydrogens (tertiary/aromatic N) is 1. The lowest BCUT2D eigenvalue weighted by Gasteiger charge is -2.49. The van der Waals surface area contributed by atoms with Crippen LogP contribution in [-0.2, 0) is 0 Å². The van der Waals surface area contributed by atoms with Crippen LogP contribution in [0.25, 0.3) is 0 Å². The normalized spacial score (nSPS) is 50.1. The van der Waals surface area contributed by atoms with E-state index < -0.39 is 0 Å². The summed E-state index contributed by atoms with van der Waals surface area (Å²) in [7, 11) is 2.39. The van der Waals surface area contributed by atoms with Crippen molar-refractivity contribution in [2.75, 3.05) is 7.05 Å². The molecule has 0 amide bonds. The number of quaternary nitrogens is 1. The number of hydrogen-bond donors (Lipinski definition) is 1. The van der Waals surface area contributed by atoms with Gasteiger partial charge in [0.2, 0.25) is 0 Å². The Morgan fingerprint density at radius 1 is 1.15 bits per heavy atom. The van der Waals surface area contributed by atoms with Crippen molar-refractivity contribution in [3.05, 3.63) is 0 Å². The van der Waals surface area contributed by atoms with Crippen LogP contribution in [0.1, 0.15) is 39.5 Å². The van der Waals surface area contributed by atoms with Crippen LogP contribution in [0.4, 0.5) is 0 Å². The van der Waals surface area contributed by atoms with E-state index in [9.17, 15) is 5.11 Å². The third kappa shape index (κ3) is 1.23. The zero-order valence-corrected chi connectivity index (χ0v) is 9.03. The summed E-state index contributed by atoms with van der Waals surface area (Å²) in [4.78, 5) is 0. The van der Waals surface area contributed by atoms with Gasteiger partial charge in [-0.05, 0) is 13.8 Å². The van der Waals surface area contributed by atoms with Crippen molar-refractivity contribution >= 4 is 0 Å². The van der Waals surface area contributed by atoms with E-state index in [4.69, 9.17) is 0 Å². The fourth-order valence-electron chi connectivity index (χ4n) is 3.50. The van der Waals surface area contributed by atoms with Gasteiger partial charge in [0.15, 0.2) is 0 Å². The molecule has 2 aliphatic rings. The van der Waals surface area contributed by atoms with Gasteiger partial charge in [-0.3, -0.25) is 0 Å². The van der Waals surface area contributed by atoms with Gasteiger partial charge < -0.3 is 9.59 Å². The molecule has 0 aromatic heterocycles. The van der Waals surface area contributed by atoms with Gasteiger partial charge in [-0.25, -0.2) is 0 Å². The van der Waals surface area contributed by atoms with Crippen molar-refractivity contribution in [2.45, 2.75) is 63.8 Å². The molecule has 0 aromatic carbocycles. The fraction of sp³-hybridized carbons (Fsp3) is 1.00. The highest BCUT2D eigenvalue weighted by Gasteiger charge is 2.52. The number of hydrogen-bond acceptors (Lipinski definition) is 1. The van der Waals surface area contributed by atoms with Crippen LogP contribution >= 0.6 is 0 Å². The van der Waals surface area contributed by atoms with E-state index in [1.165, 1.54) is 17.3 Å². The molecule has 2 saturated heterocycles. The zero-order valence-electron chi connectivity index (χ0n) is 9.03. The van der Waals surface area contributed by atoms with Crippen LogP contribution in [0.3, 0.4) is 0 Å². The molecule has 2 bridgehead atoms. The van der Waals surface area contributed by atoms with E-state index >= 15 is 0 Å². The van der Waals surface area contributed by atoms with E-state index in [1.807, 2.05) is 0 Å². The standard InChI is InChI=1S/C11H22NO/c1-8(2)12(3)9-4-5-10(12)7-11(13)6-9/h8-11,13H,4-7H2,1-3H3/q+1. The average Bonchev–Trinajstić information content (AvgIpc) is 2.29. The number of aliphatic hydroxyl groups excluding tert-OH is 1. The Morgan fingerprint density at radius 2 is 1.62 bits per heavy atom. The van der Waals surface area contributed by atoms with Crippen LogP contribution in [0.15, 0.2) is 0 Å². The molecular weight excluding hydrogens is 162 g/mol. The minimum Gasteiger partial charge on any atom is -0.393 e. The zero-order chi connectivity index (χ0) is 9.64. The lowest BCUT2D eigenvalue weighted by Crippen LogP contribution is -2.62. The maximum absolute atomic E-state index is 9.69. The first kappa shape index (κ1) is 9.47. The Hall–Kier alpha value is -0.0800. The van der Waals surface area contributed by atoms with E-state index in [2.05, 4.69) is 20.9 Å². The molecule has 76 valence electrons. The van der Waals surface area contributed by atoms with Crippen LogP contribution in [0, 0.1) is 0 Å². The predicted octanol–water partition coefficient (Wildman–Crippen LogP) is 1.53. The molecule has 2 nitrogen and oxygen atoms in total. The largest absolute Gasteiger partial charge is 0.393 e. The third-order valence-corrected chi connectivity index (χ3v) is 4.61. The number of piperidine rings is 1. The highest BCUT2D eigenvalue weighted by Crippen LogP contribution is 2.42. The molecule has 13 heavy (non-hydrogen) atoms. The second-order valence-electron chi connectivity index (χ2n) is 5.33. The van der Waals surface area contributed by atoms with Crippen molar-refractivity contribution < 1.29 is 9.59 Å². The van der Waals surface area contributed by atoms with Gasteiger partial charge in [0.25, 0.3) is 0 Å². The molecule has 0 saturated carbocycles. The predicted molar refractivity (Wildman–Crippen MR) is 53.4 cm³/mol. The minimum atomic E-state index is -0.0116. The van der Waals surface area contributed by atoms with Gasteiger partial charge in [-0.2, -0.15) is 0 Å². The van der Waals surface area contributed by atoms with Crippen LogP contribution < -0.4 is 0 Å².